The molecular formula is C20H14N3. The van der Waals surface area contributed by atoms with E-state index in [-0.39, 0.29) is 0 Å². The average Bonchev–Trinajstić information content (AvgIpc) is 3.17. The molecular weight excluding hydrogens is 282 g/mol. The predicted molar refractivity (Wildman–Crippen MR) is 91.5 cm³/mol. The molecule has 0 bridgehead atoms. The Bertz CT molecular complexity index is 898. The highest BCUT2D eigenvalue weighted by Crippen LogP contribution is 2.38. The zero-order valence-corrected chi connectivity index (χ0v) is 12.4. The fourth-order valence-electron chi connectivity index (χ4n) is 2.74. The second-order valence-corrected chi connectivity index (χ2v) is 5.18. The summed E-state index contributed by atoms with van der Waals surface area (Å²) in [5.74, 6) is 0. The second kappa shape index (κ2) is 5.89. The molecule has 1 N–H and O–H groups in total. The Morgan fingerprint density at radius 2 is 1.70 bits per heavy atom. The molecule has 3 heteroatoms. The third kappa shape index (κ3) is 2.53. The Morgan fingerprint density at radius 1 is 0.826 bits per heavy atom. The smallest absolute Gasteiger partial charge is 0.0933 e. The van der Waals surface area contributed by atoms with Crippen LogP contribution in [-0.4, -0.2) is 15.2 Å². The number of nitrogens with one attached hydrogen (secondary N) is 1. The molecule has 2 aromatic carbocycles. The number of benzene rings is 2. The van der Waals surface area contributed by atoms with Crippen LogP contribution in [0.25, 0.3) is 33.6 Å². The molecule has 0 atom stereocenters. The first-order chi connectivity index (χ1) is 11.4. The first-order valence-electron chi connectivity index (χ1n) is 7.45. The molecule has 0 fully saturated rings. The number of rotatable bonds is 3. The van der Waals surface area contributed by atoms with Crippen molar-refractivity contribution >= 4 is 0 Å². The molecule has 2 aromatic heterocycles. The van der Waals surface area contributed by atoms with Crippen LogP contribution < -0.4 is 0 Å². The summed E-state index contributed by atoms with van der Waals surface area (Å²) in [6.45, 7) is 0. The summed E-state index contributed by atoms with van der Waals surface area (Å²) >= 11 is 0. The standard InChI is InChI=1S/C20H14N3/c1-2-7-15(8-3-1)20-16(18-11-4-5-13-21-18)9-6-10-17(20)19-12-14-22-23-19/h1-9,11-14H,(H,22,23). The van der Waals surface area contributed by atoms with Gasteiger partial charge in [-0.05, 0) is 29.8 Å². The highest BCUT2D eigenvalue weighted by Gasteiger charge is 2.15. The van der Waals surface area contributed by atoms with Crippen LogP contribution in [0.1, 0.15) is 0 Å². The van der Waals surface area contributed by atoms with Crippen molar-refractivity contribution in [2.75, 3.05) is 0 Å². The fraction of sp³-hybridized carbons (Fsp3) is 0. The summed E-state index contributed by atoms with van der Waals surface area (Å²) in [6.07, 6.45) is 3.64. The first-order valence-corrected chi connectivity index (χ1v) is 7.45. The van der Waals surface area contributed by atoms with Crippen molar-refractivity contribution < 1.29 is 0 Å². The molecule has 0 amide bonds. The monoisotopic (exact) mass is 296 g/mol. The number of H-pyrrole nitrogens is 1. The third-order valence-electron chi connectivity index (χ3n) is 3.76. The summed E-state index contributed by atoms with van der Waals surface area (Å²) in [6, 6.07) is 25.5. The van der Waals surface area contributed by atoms with E-state index in [1.54, 1.807) is 0 Å². The molecule has 1 radical (unpaired) electrons. The largest absolute Gasteiger partial charge is 0.285 e. The number of hydrogen-bond donors (Lipinski definition) is 1. The Labute approximate surface area is 134 Å². The molecule has 3 nitrogen and oxygen atoms in total. The van der Waals surface area contributed by atoms with Crippen molar-refractivity contribution in [3.8, 4) is 33.6 Å². The van der Waals surface area contributed by atoms with Crippen molar-refractivity contribution in [2.24, 2.45) is 0 Å². The van der Waals surface area contributed by atoms with Crippen LogP contribution in [0, 0.1) is 6.07 Å². The summed E-state index contributed by atoms with van der Waals surface area (Å²) < 4.78 is 0. The molecule has 0 aliphatic carbocycles. The number of pyridine rings is 1. The van der Waals surface area contributed by atoms with E-state index in [0.717, 1.165) is 33.6 Å². The highest BCUT2D eigenvalue weighted by molar-refractivity contribution is 5.92. The van der Waals surface area contributed by atoms with Gasteiger partial charge in [0, 0.05) is 29.1 Å². The summed E-state index contributed by atoms with van der Waals surface area (Å²) in [7, 11) is 0. The topological polar surface area (TPSA) is 41.6 Å². The molecule has 4 rings (SSSR count). The maximum absolute atomic E-state index is 4.52. The minimum atomic E-state index is 0.877. The lowest BCUT2D eigenvalue weighted by Gasteiger charge is -2.13. The molecule has 0 unspecified atom stereocenters. The van der Waals surface area contributed by atoms with Gasteiger partial charge in [-0.1, -0.05) is 48.5 Å². The average molecular weight is 296 g/mol. The van der Waals surface area contributed by atoms with Crippen LogP contribution in [0.4, 0.5) is 0 Å². The van der Waals surface area contributed by atoms with E-state index in [4.69, 9.17) is 0 Å². The van der Waals surface area contributed by atoms with Gasteiger partial charge in [0.2, 0.25) is 0 Å². The molecule has 0 saturated heterocycles. The van der Waals surface area contributed by atoms with Gasteiger partial charge >= 0.3 is 0 Å². The van der Waals surface area contributed by atoms with Gasteiger partial charge in [-0.25, -0.2) is 0 Å². The molecule has 4 aromatic rings. The van der Waals surface area contributed by atoms with Crippen LogP contribution in [0.2, 0.25) is 0 Å². The van der Waals surface area contributed by atoms with Gasteiger partial charge in [0.05, 0.1) is 11.4 Å². The van der Waals surface area contributed by atoms with Crippen LogP contribution in [0.3, 0.4) is 0 Å². The Morgan fingerprint density at radius 3 is 2.43 bits per heavy atom. The van der Waals surface area contributed by atoms with Gasteiger partial charge in [-0.2, -0.15) is 5.10 Å². The van der Waals surface area contributed by atoms with Gasteiger partial charge in [-0.3, -0.25) is 10.1 Å². The lowest BCUT2D eigenvalue weighted by molar-refractivity contribution is 1.10. The second-order valence-electron chi connectivity index (χ2n) is 5.18. The molecule has 109 valence electrons. The van der Waals surface area contributed by atoms with Crippen molar-refractivity contribution in [1.82, 2.24) is 15.2 Å². The van der Waals surface area contributed by atoms with E-state index in [1.807, 2.05) is 60.9 Å². The Hall–Kier alpha value is -3.20. The SMILES string of the molecule is [c]1ccc(-c2ccccn2)c(-c2ccccc2)c1-c1cc[nH]n1. The minimum Gasteiger partial charge on any atom is -0.285 e. The van der Waals surface area contributed by atoms with Crippen molar-refractivity contribution in [3.05, 3.63) is 85.2 Å². The van der Waals surface area contributed by atoms with Gasteiger partial charge in [0.25, 0.3) is 0 Å². The molecule has 23 heavy (non-hydrogen) atoms. The minimum absolute atomic E-state index is 0.877. The molecule has 0 saturated carbocycles. The number of nitrogens with zero attached hydrogens (tertiary/aromatic N) is 2. The molecule has 0 aliphatic heterocycles. The molecule has 0 aliphatic rings. The van der Waals surface area contributed by atoms with Gasteiger partial charge in [-0.15, -0.1) is 0 Å². The maximum Gasteiger partial charge on any atom is 0.0933 e. The van der Waals surface area contributed by atoms with Crippen LogP contribution in [-0.2, 0) is 0 Å². The van der Waals surface area contributed by atoms with Crippen molar-refractivity contribution in [3.63, 3.8) is 0 Å². The van der Waals surface area contributed by atoms with Crippen LogP contribution in [0.15, 0.2) is 79.1 Å². The third-order valence-corrected chi connectivity index (χ3v) is 3.76. The van der Waals surface area contributed by atoms with Gasteiger partial charge in [0.1, 0.15) is 0 Å². The Balaban J connectivity index is 2.02. The molecule has 2 heterocycles. The van der Waals surface area contributed by atoms with E-state index in [2.05, 4.69) is 39.4 Å². The zero-order chi connectivity index (χ0) is 15.5. The number of aromatic nitrogens is 3. The fourth-order valence-corrected chi connectivity index (χ4v) is 2.74. The van der Waals surface area contributed by atoms with Gasteiger partial charge in [0.15, 0.2) is 0 Å². The zero-order valence-electron chi connectivity index (χ0n) is 12.4. The van der Waals surface area contributed by atoms with Crippen LogP contribution >= 0.6 is 0 Å². The van der Waals surface area contributed by atoms with E-state index < -0.39 is 0 Å². The van der Waals surface area contributed by atoms with E-state index in [0.29, 0.717) is 0 Å². The Kier molecular flexibility index (Phi) is 3.45. The summed E-state index contributed by atoms with van der Waals surface area (Å²) in [5.41, 5.74) is 6.09. The predicted octanol–water partition coefficient (Wildman–Crippen LogP) is 4.61. The highest BCUT2D eigenvalue weighted by atomic mass is 15.1. The first kappa shape index (κ1) is 13.5. The summed E-state index contributed by atoms with van der Waals surface area (Å²) in [4.78, 5) is 4.52. The van der Waals surface area contributed by atoms with Crippen molar-refractivity contribution in [1.29, 1.82) is 0 Å². The normalized spacial score (nSPS) is 10.6. The number of hydrogen-bond acceptors (Lipinski definition) is 2. The van der Waals surface area contributed by atoms with Gasteiger partial charge < -0.3 is 0 Å². The van der Waals surface area contributed by atoms with E-state index >= 15 is 0 Å². The maximum atomic E-state index is 4.52. The lowest BCUT2D eigenvalue weighted by Crippen LogP contribution is -1.92. The molecule has 0 spiro atoms. The van der Waals surface area contributed by atoms with Crippen molar-refractivity contribution in [2.45, 2.75) is 0 Å². The summed E-state index contributed by atoms with van der Waals surface area (Å²) in [5, 5.41) is 7.21. The quantitative estimate of drug-likeness (QED) is 0.600. The van der Waals surface area contributed by atoms with E-state index in [1.165, 1.54) is 0 Å². The van der Waals surface area contributed by atoms with E-state index in [9.17, 15) is 0 Å². The lowest BCUT2D eigenvalue weighted by atomic mass is 9.91. The van der Waals surface area contributed by atoms with Crippen LogP contribution in [0.5, 0.6) is 0 Å². The number of aromatic amines is 1.